The summed E-state index contributed by atoms with van der Waals surface area (Å²) < 4.78 is 1.48. The fourth-order valence-corrected chi connectivity index (χ4v) is 1.92. The molecule has 8 heteroatoms. The summed E-state index contributed by atoms with van der Waals surface area (Å²) in [7, 11) is 1.67. The largest absolute Gasteiger partial charge is 0.481 e. The highest BCUT2D eigenvalue weighted by molar-refractivity contribution is 7.99. The van der Waals surface area contributed by atoms with Crippen LogP contribution in [0.3, 0.4) is 0 Å². The topological polar surface area (TPSA) is 92.5 Å². The molecule has 0 aliphatic carbocycles. The summed E-state index contributed by atoms with van der Waals surface area (Å²) in [5, 5.41) is 8.86. The second kappa shape index (κ2) is 6.93. The Hall–Kier alpha value is -1.83. The third-order valence-corrected chi connectivity index (χ3v) is 3.35. The lowest BCUT2D eigenvalue weighted by atomic mass is 10.5. The molecule has 1 rings (SSSR count). The lowest BCUT2D eigenvalue weighted by Gasteiger charge is -2.16. The molecular weight excluding hydrogens is 270 g/mol. The van der Waals surface area contributed by atoms with Gasteiger partial charge in [-0.3, -0.25) is 14.4 Å². The van der Waals surface area contributed by atoms with Crippen LogP contribution in [0, 0.1) is 0 Å². The molecule has 0 aliphatic heterocycles. The molecular formula is C11H15N3O4S. The molecule has 0 saturated carbocycles. The monoisotopic (exact) mass is 285 g/mol. The first-order valence-electron chi connectivity index (χ1n) is 5.60. The Morgan fingerprint density at radius 3 is 2.79 bits per heavy atom. The van der Waals surface area contributed by atoms with E-state index in [1.807, 2.05) is 6.92 Å². The minimum absolute atomic E-state index is 0.0274. The summed E-state index contributed by atoms with van der Waals surface area (Å²) in [4.78, 5) is 38.8. The van der Waals surface area contributed by atoms with Crippen molar-refractivity contribution in [3.8, 4) is 0 Å². The molecule has 1 aromatic rings. The number of carbonyl (C=O) groups is 2. The first-order valence-corrected chi connectivity index (χ1v) is 6.58. The van der Waals surface area contributed by atoms with Gasteiger partial charge in [-0.25, -0.2) is 0 Å². The van der Waals surface area contributed by atoms with E-state index >= 15 is 0 Å². The minimum Gasteiger partial charge on any atom is -0.481 e. The molecule has 0 bridgehead atoms. The van der Waals surface area contributed by atoms with Crippen molar-refractivity contribution in [3.05, 3.63) is 22.6 Å². The van der Waals surface area contributed by atoms with Gasteiger partial charge in [0.1, 0.15) is 6.54 Å². The minimum atomic E-state index is -1.01. The van der Waals surface area contributed by atoms with Crippen molar-refractivity contribution < 1.29 is 14.7 Å². The maximum atomic E-state index is 11.8. The standard InChI is InChI=1S/C11H15N3O4S/c1-3-13(2)9(16)6-14-5-4-8(15)12-11(14)19-7-10(17)18/h4-5H,3,6-7H2,1-2H3,(H,17,18). The average Bonchev–Trinajstić information content (AvgIpc) is 2.37. The summed E-state index contributed by atoms with van der Waals surface area (Å²) in [5.74, 6) is -1.36. The van der Waals surface area contributed by atoms with Crippen molar-refractivity contribution in [2.24, 2.45) is 0 Å². The number of amides is 1. The van der Waals surface area contributed by atoms with Gasteiger partial charge in [-0.1, -0.05) is 11.8 Å². The van der Waals surface area contributed by atoms with Gasteiger partial charge >= 0.3 is 5.97 Å². The van der Waals surface area contributed by atoms with Crippen molar-refractivity contribution in [1.29, 1.82) is 0 Å². The Bertz CT molecular complexity index is 529. The highest BCUT2D eigenvalue weighted by atomic mass is 32.2. The molecule has 0 aliphatic rings. The van der Waals surface area contributed by atoms with E-state index in [9.17, 15) is 14.4 Å². The fraction of sp³-hybridized carbons (Fsp3) is 0.455. The van der Waals surface area contributed by atoms with Gasteiger partial charge in [-0.05, 0) is 6.92 Å². The lowest BCUT2D eigenvalue weighted by molar-refractivity contribution is -0.134. The average molecular weight is 285 g/mol. The predicted molar refractivity (Wildman–Crippen MR) is 70.2 cm³/mol. The van der Waals surface area contributed by atoms with Crippen LogP contribution < -0.4 is 5.56 Å². The summed E-state index contributed by atoms with van der Waals surface area (Å²) in [6.07, 6.45) is 1.45. The smallest absolute Gasteiger partial charge is 0.313 e. The first-order chi connectivity index (χ1) is 8.93. The molecule has 0 aromatic carbocycles. The van der Waals surface area contributed by atoms with E-state index in [2.05, 4.69) is 4.98 Å². The van der Waals surface area contributed by atoms with Crippen LogP contribution in [0.5, 0.6) is 0 Å². The zero-order valence-corrected chi connectivity index (χ0v) is 11.5. The number of rotatable bonds is 6. The van der Waals surface area contributed by atoms with E-state index in [1.165, 1.54) is 21.7 Å². The molecule has 7 nitrogen and oxygen atoms in total. The van der Waals surface area contributed by atoms with Crippen LogP contribution in [0.25, 0.3) is 0 Å². The van der Waals surface area contributed by atoms with Crippen molar-refractivity contribution in [2.45, 2.75) is 18.6 Å². The van der Waals surface area contributed by atoms with Crippen LogP contribution in [-0.2, 0) is 16.1 Å². The lowest BCUT2D eigenvalue weighted by Crippen LogP contribution is -2.31. The molecule has 104 valence electrons. The van der Waals surface area contributed by atoms with Crippen LogP contribution in [-0.4, -0.2) is 50.8 Å². The van der Waals surface area contributed by atoms with E-state index < -0.39 is 11.5 Å². The van der Waals surface area contributed by atoms with Gasteiger partial charge in [-0.15, -0.1) is 0 Å². The second-order valence-corrected chi connectivity index (χ2v) is 4.71. The predicted octanol–water partition coefficient (Wildman–Crippen LogP) is -0.102. The van der Waals surface area contributed by atoms with Gasteiger partial charge in [-0.2, -0.15) is 4.98 Å². The van der Waals surface area contributed by atoms with Crippen LogP contribution in [0.1, 0.15) is 6.92 Å². The van der Waals surface area contributed by atoms with Gasteiger partial charge in [0, 0.05) is 25.9 Å². The van der Waals surface area contributed by atoms with Crippen LogP contribution >= 0.6 is 11.8 Å². The van der Waals surface area contributed by atoms with E-state index in [-0.39, 0.29) is 23.4 Å². The second-order valence-electron chi connectivity index (χ2n) is 3.77. The molecule has 0 radical (unpaired) electrons. The molecule has 0 unspecified atom stereocenters. The van der Waals surface area contributed by atoms with Crippen molar-refractivity contribution in [3.63, 3.8) is 0 Å². The molecule has 1 aromatic heterocycles. The SMILES string of the molecule is CCN(C)C(=O)Cn1ccc(=O)nc1SCC(=O)O. The number of carboxylic acids is 1. The maximum Gasteiger partial charge on any atom is 0.313 e. The number of hydrogen-bond donors (Lipinski definition) is 1. The Kier molecular flexibility index (Phi) is 5.56. The molecule has 19 heavy (non-hydrogen) atoms. The number of aromatic nitrogens is 2. The molecule has 1 amide bonds. The summed E-state index contributed by atoms with van der Waals surface area (Å²) in [5.41, 5.74) is -0.458. The highest BCUT2D eigenvalue weighted by Gasteiger charge is 2.12. The summed E-state index contributed by atoms with van der Waals surface area (Å²) >= 11 is 0.912. The maximum absolute atomic E-state index is 11.8. The molecule has 1 N–H and O–H groups in total. The third-order valence-electron chi connectivity index (χ3n) is 2.38. The molecule has 0 fully saturated rings. The van der Waals surface area contributed by atoms with Crippen LogP contribution in [0.4, 0.5) is 0 Å². The zero-order chi connectivity index (χ0) is 14.4. The van der Waals surface area contributed by atoms with Crippen molar-refractivity contribution in [1.82, 2.24) is 14.5 Å². The Morgan fingerprint density at radius 2 is 2.21 bits per heavy atom. The number of likely N-dealkylation sites (N-methyl/N-ethyl adjacent to an activating group) is 1. The van der Waals surface area contributed by atoms with E-state index in [0.29, 0.717) is 6.54 Å². The Balaban J connectivity index is 2.90. The number of carbonyl (C=O) groups excluding carboxylic acids is 1. The van der Waals surface area contributed by atoms with Gasteiger partial charge in [0.25, 0.3) is 5.56 Å². The normalized spacial score (nSPS) is 10.2. The fourth-order valence-electron chi connectivity index (χ4n) is 1.22. The van der Waals surface area contributed by atoms with Crippen molar-refractivity contribution in [2.75, 3.05) is 19.3 Å². The number of hydrogen-bond acceptors (Lipinski definition) is 5. The summed E-state index contributed by atoms with van der Waals surface area (Å²) in [6, 6.07) is 1.24. The van der Waals surface area contributed by atoms with Crippen LogP contribution in [0.15, 0.2) is 22.2 Å². The molecule has 0 spiro atoms. The van der Waals surface area contributed by atoms with E-state index in [4.69, 9.17) is 5.11 Å². The highest BCUT2D eigenvalue weighted by Crippen LogP contribution is 2.13. The first kappa shape index (κ1) is 15.2. The van der Waals surface area contributed by atoms with Gasteiger partial charge in [0.05, 0.1) is 5.75 Å². The zero-order valence-electron chi connectivity index (χ0n) is 10.7. The van der Waals surface area contributed by atoms with Gasteiger partial charge in [0.2, 0.25) is 5.91 Å². The Labute approximate surface area is 114 Å². The number of nitrogens with zero attached hydrogens (tertiary/aromatic N) is 3. The van der Waals surface area contributed by atoms with E-state index in [0.717, 1.165) is 11.8 Å². The van der Waals surface area contributed by atoms with E-state index in [1.54, 1.807) is 7.05 Å². The quantitative estimate of drug-likeness (QED) is 0.579. The van der Waals surface area contributed by atoms with Gasteiger partial charge < -0.3 is 14.6 Å². The number of thioether (sulfide) groups is 1. The molecule has 0 saturated heterocycles. The van der Waals surface area contributed by atoms with Crippen LogP contribution in [0.2, 0.25) is 0 Å². The summed E-state index contributed by atoms with van der Waals surface area (Å²) in [6.45, 7) is 2.45. The van der Waals surface area contributed by atoms with Gasteiger partial charge in [0.15, 0.2) is 5.16 Å². The molecule has 1 heterocycles. The Morgan fingerprint density at radius 1 is 1.53 bits per heavy atom. The third kappa shape index (κ3) is 4.74. The molecule has 0 atom stereocenters. The number of carboxylic acid groups (broad SMARTS) is 1. The number of aliphatic carboxylic acids is 1. The van der Waals surface area contributed by atoms with Crippen molar-refractivity contribution >= 4 is 23.6 Å².